The highest BCUT2D eigenvalue weighted by Crippen LogP contribution is 2.35. The topological polar surface area (TPSA) is 109 Å². The molecule has 1 aliphatic heterocycles. The third-order valence-electron chi connectivity index (χ3n) is 5.62. The van der Waals surface area contributed by atoms with Crippen LogP contribution < -0.4 is 19.6 Å². The van der Waals surface area contributed by atoms with Gasteiger partial charge in [-0.15, -0.1) is 0 Å². The molecule has 0 fully saturated rings. The summed E-state index contributed by atoms with van der Waals surface area (Å²) in [4.78, 5) is 40.2. The number of allylic oxidation sites excluding steroid dienone is 1. The van der Waals surface area contributed by atoms with E-state index in [2.05, 4.69) is 30.9 Å². The van der Waals surface area contributed by atoms with Crippen LogP contribution >= 0.6 is 39.0 Å². The molecule has 0 aliphatic carbocycles. The zero-order chi connectivity index (χ0) is 26.8. The molecule has 9 nitrogen and oxygen atoms in total. The number of halogens is 1. The molecular weight excluding hydrogens is 592 g/mol. The number of hydrogen-bond donors (Lipinski definition) is 0. The Bertz CT molecular complexity index is 1730. The van der Waals surface area contributed by atoms with Gasteiger partial charge in [-0.3, -0.25) is 9.36 Å². The molecule has 0 saturated heterocycles. The first-order valence-electron chi connectivity index (χ1n) is 11.5. The Kier molecular flexibility index (Phi) is 7.63. The van der Waals surface area contributed by atoms with Crippen LogP contribution in [-0.2, 0) is 9.53 Å². The maximum atomic E-state index is 13.7. The van der Waals surface area contributed by atoms with Gasteiger partial charge in [-0.2, -0.15) is 0 Å². The van der Waals surface area contributed by atoms with Crippen molar-refractivity contribution in [2.45, 2.75) is 30.1 Å². The highest BCUT2D eigenvalue weighted by atomic mass is 79.9. The number of methoxy groups -OCH3 is 1. The lowest BCUT2D eigenvalue weighted by atomic mass is 9.96. The summed E-state index contributed by atoms with van der Waals surface area (Å²) in [6, 6.07) is 10.0. The van der Waals surface area contributed by atoms with E-state index < -0.39 is 12.0 Å². The molecule has 0 N–H and O–H groups in total. The molecule has 3 aromatic heterocycles. The molecular formula is C26H21BrN4O5S2. The van der Waals surface area contributed by atoms with Gasteiger partial charge in [0.2, 0.25) is 0 Å². The fraction of sp³-hybridized carbons (Fsp3) is 0.192. The Balaban J connectivity index is 1.60. The molecule has 1 aromatic carbocycles. The molecule has 0 bridgehead atoms. The quantitative estimate of drug-likeness (QED) is 0.227. The van der Waals surface area contributed by atoms with E-state index >= 15 is 0 Å². The van der Waals surface area contributed by atoms with Gasteiger partial charge in [0.1, 0.15) is 11.5 Å². The number of hydrogen-bond acceptors (Lipinski definition) is 10. The second-order valence-corrected chi connectivity index (χ2v) is 10.8. The highest BCUT2D eigenvalue weighted by molar-refractivity contribution is 9.10. The minimum absolute atomic E-state index is 0.200. The molecule has 4 aromatic rings. The predicted octanol–water partition coefficient (Wildman–Crippen LogP) is 4.10. The van der Waals surface area contributed by atoms with Gasteiger partial charge in [-0.25, -0.2) is 19.8 Å². The van der Waals surface area contributed by atoms with Gasteiger partial charge in [0.15, 0.2) is 15.1 Å². The molecule has 5 rings (SSSR count). The van der Waals surface area contributed by atoms with Gasteiger partial charge in [-0.1, -0.05) is 17.4 Å². The van der Waals surface area contributed by atoms with Crippen molar-refractivity contribution in [3.8, 4) is 5.75 Å². The largest absolute Gasteiger partial charge is 0.496 e. The Morgan fingerprint density at radius 1 is 1.26 bits per heavy atom. The Morgan fingerprint density at radius 2 is 2.05 bits per heavy atom. The number of carbonyl (C=O) groups excluding carboxylic acids is 1. The van der Waals surface area contributed by atoms with Crippen molar-refractivity contribution in [1.29, 1.82) is 0 Å². The lowest BCUT2D eigenvalue weighted by Gasteiger charge is -2.25. The van der Waals surface area contributed by atoms with Gasteiger partial charge in [0.05, 0.1) is 40.0 Å². The summed E-state index contributed by atoms with van der Waals surface area (Å²) in [5, 5.41) is 1.15. The maximum absolute atomic E-state index is 13.7. The van der Waals surface area contributed by atoms with Gasteiger partial charge in [-0.05, 0) is 77.4 Å². The normalized spacial score (nSPS) is 15.3. The van der Waals surface area contributed by atoms with Gasteiger partial charge in [0, 0.05) is 18.5 Å². The van der Waals surface area contributed by atoms with Crippen LogP contribution in [0.1, 0.15) is 31.2 Å². The molecule has 1 aliphatic rings. The average molecular weight is 614 g/mol. The minimum Gasteiger partial charge on any atom is -0.496 e. The highest BCUT2D eigenvalue weighted by Gasteiger charge is 2.33. The van der Waals surface area contributed by atoms with Crippen LogP contribution in [-0.4, -0.2) is 34.2 Å². The number of fused-ring (bicyclic) bond motifs is 1. The zero-order valence-corrected chi connectivity index (χ0v) is 23.7. The zero-order valence-electron chi connectivity index (χ0n) is 20.5. The first-order chi connectivity index (χ1) is 18.4. The molecule has 0 amide bonds. The van der Waals surface area contributed by atoms with Gasteiger partial charge < -0.3 is 13.9 Å². The molecule has 0 radical (unpaired) electrons. The number of nitrogens with zero attached hydrogens (tertiary/aromatic N) is 4. The van der Waals surface area contributed by atoms with E-state index in [1.54, 1.807) is 63.7 Å². The van der Waals surface area contributed by atoms with Crippen LogP contribution in [0.4, 0.5) is 0 Å². The van der Waals surface area contributed by atoms with E-state index in [0.29, 0.717) is 52.4 Å². The Labute approximate surface area is 233 Å². The van der Waals surface area contributed by atoms with Crippen LogP contribution in [0.25, 0.3) is 6.08 Å². The average Bonchev–Trinajstić information content (AvgIpc) is 3.47. The minimum atomic E-state index is -0.729. The number of esters is 1. The smallest absolute Gasteiger partial charge is 0.338 e. The third-order valence-corrected chi connectivity index (χ3v) is 8.03. The van der Waals surface area contributed by atoms with E-state index in [4.69, 9.17) is 13.9 Å². The lowest BCUT2D eigenvalue weighted by Crippen LogP contribution is -2.39. The monoisotopic (exact) mass is 612 g/mol. The van der Waals surface area contributed by atoms with E-state index in [1.165, 1.54) is 27.7 Å². The Hall–Kier alpha value is -3.48. The van der Waals surface area contributed by atoms with E-state index in [-0.39, 0.29) is 12.2 Å². The van der Waals surface area contributed by atoms with Crippen LogP contribution in [0.5, 0.6) is 5.75 Å². The van der Waals surface area contributed by atoms with Crippen molar-refractivity contribution < 1.29 is 18.7 Å². The van der Waals surface area contributed by atoms with Crippen molar-refractivity contribution in [1.82, 2.24) is 14.5 Å². The SMILES string of the molecule is CCOC(=O)C1=C(C)N=c2s/c(=C/c3ccc(Sc4ncccn4)o3)c(=O)n2[C@H]1c1ccc(OC)c(Br)c1. The van der Waals surface area contributed by atoms with Crippen molar-refractivity contribution in [3.05, 3.63) is 95.5 Å². The van der Waals surface area contributed by atoms with Crippen molar-refractivity contribution in [2.24, 2.45) is 4.99 Å². The van der Waals surface area contributed by atoms with Crippen LogP contribution in [0.15, 0.2) is 89.0 Å². The second-order valence-electron chi connectivity index (χ2n) is 7.99. The summed E-state index contributed by atoms with van der Waals surface area (Å²) in [7, 11) is 1.57. The summed E-state index contributed by atoms with van der Waals surface area (Å²) in [5.74, 6) is 0.613. The number of ether oxygens (including phenoxy) is 2. The standard InChI is InChI=1S/C26H21BrN4O5S2/c1-4-35-24(33)21-14(2)30-26-31(22(21)15-6-8-18(34-3)17(27)12-15)23(32)19(37-26)13-16-7-9-20(36-16)38-25-28-10-5-11-29-25/h5-13,22H,4H2,1-3H3/b19-13+/t22-/m0/s1. The number of furan rings is 1. The first-order valence-corrected chi connectivity index (χ1v) is 13.9. The summed E-state index contributed by atoms with van der Waals surface area (Å²) in [6.07, 6.45) is 4.98. The Morgan fingerprint density at radius 3 is 2.76 bits per heavy atom. The number of carbonyl (C=O) groups is 1. The molecule has 4 heterocycles. The molecule has 0 saturated carbocycles. The molecule has 194 valence electrons. The van der Waals surface area contributed by atoms with E-state index in [1.807, 2.05) is 12.1 Å². The van der Waals surface area contributed by atoms with Crippen molar-refractivity contribution in [3.63, 3.8) is 0 Å². The molecule has 1 atom stereocenters. The summed E-state index contributed by atoms with van der Waals surface area (Å²) >= 11 is 6.02. The van der Waals surface area contributed by atoms with Crippen LogP contribution in [0, 0.1) is 0 Å². The number of benzene rings is 1. The van der Waals surface area contributed by atoms with E-state index in [9.17, 15) is 9.59 Å². The van der Waals surface area contributed by atoms with Crippen molar-refractivity contribution >= 4 is 51.1 Å². The summed E-state index contributed by atoms with van der Waals surface area (Å²) < 4.78 is 19.2. The van der Waals surface area contributed by atoms with Crippen molar-refractivity contribution in [2.75, 3.05) is 13.7 Å². The van der Waals surface area contributed by atoms with Gasteiger partial charge in [0.25, 0.3) is 5.56 Å². The third kappa shape index (κ3) is 5.11. The second kappa shape index (κ2) is 11.1. The summed E-state index contributed by atoms with van der Waals surface area (Å²) in [5.41, 5.74) is 1.22. The van der Waals surface area contributed by atoms with Crippen LogP contribution in [0.2, 0.25) is 0 Å². The fourth-order valence-corrected chi connectivity index (χ4v) is 6.25. The molecule has 12 heteroatoms. The van der Waals surface area contributed by atoms with Crippen LogP contribution in [0.3, 0.4) is 0 Å². The first kappa shape index (κ1) is 26.1. The number of aromatic nitrogens is 3. The number of thiazole rings is 1. The lowest BCUT2D eigenvalue weighted by molar-refractivity contribution is -0.139. The van der Waals surface area contributed by atoms with Gasteiger partial charge >= 0.3 is 5.97 Å². The maximum Gasteiger partial charge on any atom is 0.338 e. The number of rotatable bonds is 7. The fourth-order valence-electron chi connectivity index (χ4n) is 3.98. The summed E-state index contributed by atoms with van der Waals surface area (Å²) in [6.45, 7) is 3.68. The molecule has 0 unspecified atom stereocenters. The predicted molar refractivity (Wildman–Crippen MR) is 146 cm³/mol. The van der Waals surface area contributed by atoms with E-state index in [0.717, 1.165) is 0 Å². The molecule has 0 spiro atoms. The molecule has 38 heavy (non-hydrogen) atoms.